The summed E-state index contributed by atoms with van der Waals surface area (Å²) >= 11 is 0. The van der Waals surface area contributed by atoms with Crippen LogP contribution < -0.4 is 21.1 Å². The molecule has 4 nitrogen and oxygen atoms in total. The first kappa shape index (κ1) is 12.8. The van der Waals surface area contributed by atoms with E-state index in [1.807, 2.05) is 37.4 Å². The Morgan fingerprint density at radius 2 is 1.95 bits per heavy atom. The number of nitrogens with two attached hydrogens (primary N) is 1. The van der Waals surface area contributed by atoms with Gasteiger partial charge in [-0.2, -0.15) is 0 Å². The van der Waals surface area contributed by atoms with Crippen LogP contribution in [0.4, 0.5) is 11.4 Å². The van der Waals surface area contributed by atoms with Crippen molar-refractivity contribution in [3.8, 4) is 5.75 Å². The summed E-state index contributed by atoms with van der Waals surface area (Å²) in [6.07, 6.45) is 1.01. The number of aryl methyl sites for hydroxylation is 1. The van der Waals surface area contributed by atoms with E-state index >= 15 is 0 Å². The zero-order chi connectivity index (χ0) is 14.2. The molecule has 0 bridgehead atoms. The molecule has 4 N–H and O–H groups in total. The van der Waals surface area contributed by atoms with Gasteiger partial charge in [0, 0.05) is 18.3 Å². The topological polar surface area (TPSA) is 59.3 Å². The summed E-state index contributed by atoms with van der Waals surface area (Å²) in [7, 11) is 1.89. The molecule has 1 aliphatic rings. The largest absolute Gasteiger partial charge is 0.448 e. The molecule has 0 saturated heterocycles. The lowest BCUT2D eigenvalue weighted by atomic mass is 10.1. The van der Waals surface area contributed by atoms with E-state index in [9.17, 15) is 0 Å². The second kappa shape index (κ2) is 4.72. The van der Waals surface area contributed by atoms with Crippen molar-refractivity contribution < 1.29 is 4.74 Å². The van der Waals surface area contributed by atoms with E-state index in [1.54, 1.807) is 0 Å². The minimum absolute atomic E-state index is 0.770. The van der Waals surface area contributed by atoms with Crippen LogP contribution >= 0.6 is 0 Å². The standard InChI is InChI=1S/C16H19N3O/c1-3-11-4-6-12(7-5-11)16(17)19-14-10-13(18-2)8-9-15(14)20-16/h4-10,18-19H,3,17H2,1-2H3. The summed E-state index contributed by atoms with van der Waals surface area (Å²) in [4.78, 5) is 0. The lowest BCUT2D eigenvalue weighted by molar-refractivity contribution is 0.126. The first-order valence-corrected chi connectivity index (χ1v) is 6.82. The van der Waals surface area contributed by atoms with Gasteiger partial charge in [0.2, 0.25) is 0 Å². The van der Waals surface area contributed by atoms with Gasteiger partial charge in [0.1, 0.15) is 5.75 Å². The van der Waals surface area contributed by atoms with Gasteiger partial charge in [-0.25, -0.2) is 0 Å². The quantitative estimate of drug-likeness (QED) is 0.802. The molecular weight excluding hydrogens is 250 g/mol. The molecule has 1 unspecified atom stereocenters. The van der Waals surface area contributed by atoms with Gasteiger partial charge >= 0.3 is 0 Å². The van der Waals surface area contributed by atoms with Crippen molar-refractivity contribution in [3.05, 3.63) is 53.6 Å². The van der Waals surface area contributed by atoms with Gasteiger partial charge in [-0.3, -0.25) is 5.73 Å². The number of fused-ring (bicyclic) bond motifs is 1. The maximum Gasteiger partial charge on any atom is 0.263 e. The Labute approximate surface area is 118 Å². The summed E-state index contributed by atoms with van der Waals surface area (Å²) in [5, 5.41) is 6.36. The Morgan fingerprint density at radius 3 is 2.60 bits per heavy atom. The zero-order valence-electron chi connectivity index (χ0n) is 11.7. The van der Waals surface area contributed by atoms with Crippen LogP contribution in [0.1, 0.15) is 18.1 Å². The van der Waals surface area contributed by atoms with Crippen LogP contribution in [0.25, 0.3) is 0 Å². The predicted octanol–water partition coefficient (Wildman–Crippen LogP) is 2.86. The minimum atomic E-state index is -0.999. The zero-order valence-corrected chi connectivity index (χ0v) is 11.7. The van der Waals surface area contributed by atoms with Crippen LogP contribution in [-0.2, 0) is 12.3 Å². The third-order valence-corrected chi connectivity index (χ3v) is 3.65. The lowest BCUT2D eigenvalue weighted by Crippen LogP contribution is -2.46. The van der Waals surface area contributed by atoms with Crippen molar-refractivity contribution in [3.63, 3.8) is 0 Å². The molecule has 0 aliphatic carbocycles. The smallest absolute Gasteiger partial charge is 0.263 e. The molecule has 1 atom stereocenters. The molecule has 1 heterocycles. The Balaban J connectivity index is 1.91. The molecule has 0 aromatic heterocycles. The van der Waals surface area contributed by atoms with Gasteiger partial charge in [0.05, 0.1) is 5.69 Å². The predicted molar refractivity (Wildman–Crippen MR) is 81.9 cm³/mol. The number of hydrogen-bond acceptors (Lipinski definition) is 4. The van der Waals surface area contributed by atoms with Crippen LogP contribution in [0, 0.1) is 0 Å². The molecule has 0 radical (unpaired) electrons. The molecule has 104 valence electrons. The molecule has 0 amide bonds. The van der Waals surface area contributed by atoms with Gasteiger partial charge in [0.15, 0.2) is 0 Å². The third-order valence-electron chi connectivity index (χ3n) is 3.65. The van der Waals surface area contributed by atoms with E-state index in [4.69, 9.17) is 10.5 Å². The second-order valence-corrected chi connectivity index (χ2v) is 4.97. The van der Waals surface area contributed by atoms with Crippen molar-refractivity contribution in [2.75, 3.05) is 17.7 Å². The molecular formula is C16H19N3O. The van der Waals surface area contributed by atoms with Crippen LogP contribution in [0.5, 0.6) is 5.75 Å². The number of anilines is 2. The number of rotatable bonds is 3. The maximum atomic E-state index is 6.36. The highest BCUT2D eigenvalue weighted by molar-refractivity contribution is 5.68. The summed E-state index contributed by atoms with van der Waals surface area (Å²) in [6.45, 7) is 2.13. The highest BCUT2D eigenvalue weighted by Gasteiger charge is 2.36. The van der Waals surface area contributed by atoms with Gasteiger partial charge in [-0.05, 0) is 30.2 Å². The number of benzene rings is 2. The van der Waals surface area contributed by atoms with Crippen molar-refractivity contribution in [2.24, 2.45) is 5.73 Å². The number of nitrogens with one attached hydrogen (secondary N) is 2. The molecule has 1 aliphatic heterocycles. The normalized spacial score (nSPS) is 19.9. The molecule has 2 aromatic carbocycles. The molecule has 0 saturated carbocycles. The summed E-state index contributed by atoms with van der Waals surface area (Å²) in [5.74, 6) is -0.230. The van der Waals surface area contributed by atoms with Crippen LogP contribution in [0.2, 0.25) is 0 Å². The monoisotopic (exact) mass is 269 g/mol. The molecule has 20 heavy (non-hydrogen) atoms. The number of ether oxygens (including phenoxy) is 1. The van der Waals surface area contributed by atoms with Crippen molar-refractivity contribution in [1.29, 1.82) is 0 Å². The van der Waals surface area contributed by atoms with Gasteiger partial charge < -0.3 is 15.4 Å². The second-order valence-electron chi connectivity index (χ2n) is 4.97. The lowest BCUT2D eigenvalue weighted by Gasteiger charge is -2.24. The summed E-state index contributed by atoms with van der Waals surface area (Å²) in [5.41, 5.74) is 10.5. The van der Waals surface area contributed by atoms with Crippen LogP contribution in [0.15, 0.2) is 42.5 Å². The van der Waals surface area contributed by atoms with E-state index in [0.717, 1.165) is 29.1 Å². The molecule has 0 fully saturated rings. The fourth-order valence-electron chi connectivity index (χ4n) is 2.39. The average molecular weight is 269 g/mol. The fraction of sp³-hybridized carbons (Fsp3) is 0.250. The van der Waals surface area contributed by atoms with Crippen molar-refractivity contribution in [1.82, 2.24) is 0 Å². The van der Waals surface area contributed by atoms with Crippen LogP contribution in [0.3, 0.4) is 0 Å². The molecule has 0 spiro atoms. The fourth-order valence-corrected chi connectivity index (χ4v) is 2.39. The van der Waals surface area contributed by atoms with Gasteiger partial charge in [-0.15, -0.1) is 0 Å². The highest BCUT2D eigenvalue weighted by Crippen LogP contribution is 2.40. The van der Waals surface area contributed by atoms with E-state index in [0.29, 0.717) is 0 Å². The van der Waals surface area contributed by atoms with Crippen molar-refractivity contribution >= 4 is 11.4 Å². The third kappa shape index (κ3) is 2.08. The van der Waals surface area contributed by atoms with Crippen LogP contribution in [-0.4, -0.2) is 7.05 Å². The Hall–Kier alpha value is -2.20. The Kier molecular flexibility index (Phi) is 3.03. The average Bonchev–Trinajstić information content (AvgIpc) is 2.83. The Morgan fingerprint density at radius 1 is 1.20 bits per heavy atom. The summed E-state index contributed by atoms with van der Waals surface area (Å²) in [6, 6.07) is 14.1. The molecule has 4 heteroatoms. The van der Waals surface area contributed by atoms with Gasteiger partial charge in [0.25, 0.3) is 5.85 Å². The van der Waals surface area contributed by atoms with E-state index in [-0.39, 0.29) is 0 Å². The summed E-state index contributed by atoms with van der Waals surface area (Å²) < 4.78 is 5.89. The van der Waals surface area contributed by atoms with E-state index in [2.05, 4.69) is 29.7 Å². The Bertz CT molecular complexity index is 624. The first-order chi connectivity index (χ1) is 9.64. The van der Waals surface area contributed by atoms with Gasteiger partial charge in [-0.1, -0.05) is 31.2 Å². The minimum Gasteiger partial charge on any atom is -0.448 e. The van der Waals surface area contributed by atoms with E-state index < -0.39 is 5.85 Å². The molecule has 2 aromatic rings. The highest BCUT2D eigenvalue weighted by atomic mass is 16.5. The maximum absolute atomic E-state index is 6.36. The first-order valence-electron chi connectivity index (χ1n) is 6.82. The number of hydrogen-bond donors (Lipinski definition) is 3. The molecule has 3 rings (SSSR count). The van der Waals surface area contributed by atoms with Crippen molar-refractivity contribution in [2.45, 2.75) is 19.2 Å². The SMILES string of the molecule is CCc1ccc(C2(N)Nc3cc(NC)ccc3O2)cc1. The van der Waals surface area contributed by atoms with E-state index in [1.165, 1.54) is 5.56 Å².